The number of hydrogen-bond acceptors (Lipinski definition) is 2. The van der Waals surface area contributed by atoms with E-state index in [1.165, 1.54) is 37.9 Å². The Labute approximate surface area is 339 Å². The van der Waals surface area contributed by atoms with Gasteiger partial charge in [-0.15, -0.1) is 0 Å². The number of fused-ring (bicyclic) bond motifs is 8. The van der Waals surface area contributed by atoms with Gasteiger partial charge in [0.1, 0.15) is 11.3 Å². The summed E-state index contributed by atoms with van der Waals surface area (Å²) in [7, 11) is 0. The topological polar surface area (TPSA) is 16.4 Å². The zero-order chi connectivity index (χ0) is 39.0. The Kier molecular flexibility index (Phi) is 9.01. The molecule has 0 fully saturated rings. The third kappa shape index (κ3) is 6.35. The van der Waals surface area contributed by atoms with Crippen molar-refractivity contribution in [2.75, 3.05) is 11.4 Å². The second-order valence-electron chi connectivity index (χ2n) is 15.0. The maximum absolute atomic E-state index is 6.79. The van der Waals surface area contributed by atoms with Crippen LogP contribution in [0.4, 0.5) is 11.4 Å². The maximum Gasteiger partial charge on any atom is 0.134 e. The van der Waals surface area contributed by atoms with Crippen LogP contribution >= 0.6 is 0 Å². The van der Waals surface area contributed by atoms with E-state index in [2.05, 4.69) is 206 Å². The number of nitrogens with zero attached hydrogens (tertiary/aromatic N) is 1. The molecule has 276 valence electrons. The van der Waals surface area contributed by atoms with Crippen molar-refractivity contribution in [3.05, 3.63) is 235 Å². The second-order valence-corrected chi connectivity index (χ2v) is 15.0. The molecule has 0 spiro atoms. The molecular weight excluding hydrogens is 703 g/mol. The van der Waals surface area contributed by atoms with Gasteiger partial charge in [0.15, 0.2) is 0 Å². The summed E-state index contributed by atoms with van der Waals surface area (Å²) in [6.07, 6.45) is 11.5. The minimum absolute atomic E-state index is 0.590. The predicted octanol–water partition coefficient (Wildman–Crippen LogP) is 15.2. The molecule has 0 radical (unpaired) electrons. The molecule has 0 saturated heterocycles. The molecule has 0 bridgehead atoms. The lowest BCUT2D eigenvalue weighted by Gasteiger charge is -2.27. The summed E-state index contributed by atoms with van der Waals surface area (Å²) in [5, 5.41) is 8.68. The molecule has 58 heavy (non-hydrogen) atoms. The Morgan fingerprint density at radius 1 is 0.603 bits per heavy atom. The quantitative estimate of drug-likeness (QED) is 0.119. The third-order valence-corrected chi connectivity index (χ3v) is 11.5. The molecule has 0 unspecified atom stereocenters. The fourth-order valence-electron chi connectivity index (χ4n) is 8.65. The van der Waals surface area contributed by atoms with E-state index in [0.29, 0.717) is 13.0 Å². The van der Waals surface area contributed by atoms with Crippen LogP contribution in [-0.2, 0) is 6.42 Å². The molecule has 0 aliphatic carbocycles. The molecule has 10 rings (SSSR count). The van der Waals surface area contributed by atoms with Gasteiger partial charge in [-0.05, 0) is 102 Å². The van der Waals surface area contributed by atoms with Crippen molar-refractivity contribution in [3.63, 3.8) is 0 Å². The van der Waals surface area contributed by atoms with E-state index in [9.17, 15) is 0 Å². The molecule has 0 saturated carbocycles. The van der Waals surface area contributed by atoms with Gasteiger partial charge in [0.05, 0.1) is 0 Å². The van der Waals surface area contributed by atoms with E-state index in [0.717, 1.165) is 67.1 Å². The minimum atomic E-state index is 0.590. The fourth-order valence-corrected chi connectivity index (χ4v) is 8.65. The van der Waals surface area contributed by atoms with Gasteiger partial charge in [-0.1, -0.05) is 177 Å². The minimum Gasteiger partial charge on any atom is -0.460 e. The number of benzene rings is 8. The highest BCUT2D eigenvalue weighted by Gasteiger charge is 2.20. The Balaban J connectivity index is 1.07. The lowest BCUT2D eigenvalue weighted by Crippen LogP contribution is -2.18. The second kappa shape index (κ2) is 14.9. The summed E-state index contributed by atoms with van der Waals surface area (Å²) in [5.41, 5.74) is 11.8. The first-order chi connectivity index (χ1) is 28.6. The standard InChI is InChI=1S/C56H41NO/c1-3-40(41-18-6-4-7-19-41)35-53-52-36-43(42-20-8-5-9-21-42)28-31-55(52)58-56(53)34-39-17-16-32-57(54-27-15-14-22-45(54)38(2)33-39)44-29-30-50-48-25-11-10-23-46(48)47-24-12-13-26-49(47)51(50)37-44/h3-31,33,35-37H,1-2,32,34H2/b17-16?,39-33?,40-35+. The van der Waals surface area contributed by atoms with Crippen LogP contribution in [0.25, 0.3) is 71.6 Å². The molecule has 1 aliphatic rings. The van der Waals surface area contributed by atoms with Crippen LogP contribution < -0.4 is 4.90 Å². The molecular formula is C56H41NO. The monoisotopic (exact) mass is 743 g/mol. The zero-order valence-electron chi connectivity index (χ0n) is 32.2. The van der Waals surface area contributed by atoms with Crippen molar-refractivity contribution in [1.82, 2.24) is 0 Å². The Morgan fingerprint density at radius 3 is 1.97 bits per heavy atom. The smallest absolute Gasteiger partial charge is 0.134 e. The highest BCUT2D eigenvalue weighted by Crippen LogP contribution is 2.41. The molecule has 1 aliphatic heterocycles. The van der Waals surface area contributed by atoms with E-state index in [1.807, 2.05) is 12.1 Å². The van der Waals surface area contributed by atoms with Crippen molar-refractivity contribution in [1.29, 1.82) is 0 Å². The summed E-state index contributed by atoms with van der Waals surface area (Å²) in [5.74, 6) is 0.900. The van der Waals surface area contributed by atoms with Crippen LogP contribution in [-0.4, -0.2) is 6.54 Å². The first kappa shape index (κ1) is 35.0. The zero-order valence-corrected chi connectivity index (χ0v) is 32.2. The van der Waals surface area contributed by atoms with Crippen LogP contribution in [0.3, 0.4) is 0 Å². The first-order valence-corrected chi connectivity index (χ1v) is 19.9. The Morgan fingerprint density at radius 2 is 1.24 bits per heavy atom. The van der Waals surface area contributed by atoms with Crippen LogP contribution in [0, 0.1) is 0 Å². The molecule has 2 nitrogen and oxygen atoms in total. The van der Waals surface area contributed by atoms with Crippen LogP contribution in [0.1, 0.15) is 22.5 Å². The predicted molar refractivity (Wildman–Crippen MR) is 249 cm³/mol. The summed E-state index contributed by atoms with van der Waals surface area (Å²) < 4.78 is 6.79. The van der Waals surface area contributed by atoms with Crippen molar-refractivity contribution in [3.8, 4) is 11.1 Å². The van der Waals surface area contributed by atoms with E-state index < -0.39 is 0 Å². The lowest BCUT2D eigenvalue weighted by atomic mass is 9.94. The molecule has 2 heteroatoms. The number of anilines is 2. The maximum atomic E-state index is 6.79. The van der Waals surface area contributed by atoms with Gasteiger partial charge in [0, 0.05) is 40.9 Å². The number of furan rings is 1. The van der Waals surface area contributed by atoms with Crippen molar-refractivity contribution >= 4 is 71.9 Å². The molecule has 8 aromatic carbocycles. The summed E-state index contributed by atoms with van der Waals surface area (Å²) in [4.78, 5) is 2.41. The van der Waals surface area contributed by atoms with Gasteiger partial charge in [-0.2, -0.15) is 0 Å². The number of para-hydroxylation sites is 1. The first-order valence-electron chi connectivity index (χ1n) is 19.9. The molecule has 0 N–H and O–H groups in total. The van der Waals surface area contributed by atoms with Gasteiger partial charge in [-0.25, -0.2) is 0 Å². The van der Waals surface area contributed by atoms with Crippen molar-refractivity contribution in [2.24, 2.45) is 0 Å². The van der Waals surface area contributed by atoms with Crippen molar-refractivity contribution < 1.29 is 4.42 Å². The third-order valence-electron chi connectivity index (χ3n) is 11.5. The number of allylic oxidation sites excluding steroid dienone is 6. The van der Waals surface area contributed by atoms with Crippen molar-refractivity contribution in [2.45, 2.75) is 6.42 Å². The van der Waals surface area contributed by atoms with Gasteiger partial charge in [0.2, 0.25) is 0 Å². The normalized spacial score (nSPS) is 13.4. The summed E-state index contributed by atoms with van der Waals surface area (Å²) in [6, 6.07) is 60.5. The van der Waals surface area contributed by atoms with E-state index in [1.54, 1.807) is 0 Å². The molecule has 2 heterocycles. The van der Waals surface area contributed by atoms with E-state index in [4.69, 9.17) is 4.42 Å². The average Bonchev–Trinajstić information content (AvgIpc) is 3.65. The Bertz CT molecular complexity index is 3110. The fraction of sp³-hybridized carbons (Fsp3) is 0.0357. The van der Waals surface area contributed by atoms with Gasteiger partial charge in [0.25, 0.3) is 0 Å². The van der Waals surface area contributed by atoms with E-state index in [-0.39, 0.29) is 0 Å². The Hall–Kier alpha value is -7.42. The van der Waals surface area contributed by atoms with Crippen LogP contribution in [0.2, 0.25) is 0 Å². The SMILES string of the molecule is C=C/C(=C\c1c(CC2=CC(=C)c3ccccc3N(c3ccc4c5ccccc5c5ccccc5c4c3)CC=C2)oc2ccc(-c3ccccc3)cc12)c1ccccc1. The van der Waals surface area contributed by atoms with Gasteiger partial charge >= 0.3 is 0 Å². The molecule has 0 atom stereocenters. The van der Waals surface area contributed by atoms with Crippen LogP contribution in [0.5, 0.6) is 0 Å². The number of hydrogen-bond donors (Lipinski definition) is 0. The highest BCUT2D eigenvalue weighted by atomic mass is 16.3. The summed E-state index contributed by atoms with van der Waals surface area (Å²) >= 11 is 0. The molecule has 0 amide bonds. The number of rotatable bonds is 7. The van der Waals surface area contributed by atoms with Crippen LogP contribution in [0.15, 0.2) is 217 Å². The largest absolute Gasteiger partial charge is 0.460 e. The molecule has 9 aromatic rings. The highest BCUT2D eigenvalue weighted by molar-refractivity contribution is 6.25. The molecule has 1 aromatic heterocycles. The summed E-state index contributed by atoms with van der Waals surface area (Å²) in [6.45, 7) is 9.56. The lowest BCUT2D eigenvalue weighted by molar-refractivity contribution is 0.561. The van der Waals surface area contributed by atoms with Gasteiger partial charge in [-0.3, -0.25) is 0 Å². The van der Waals surface area contributed by atoms with E-state index >= 15 is 0 Å². The van der Waals surface area contributed by atoms with Gasteiger partial charge < -0.3 is 9.32 Å². The average molecular weight is 744 g/mol.